The van der Waals surface area contributed by atoms with Crippen molar-refractivity contribution in [2.24, 2.45) is 29.4 Å². The van der Waals surface area contributed by atoms with Crippen LogP contribution in [0.5, 0.6) is 0 Å². The van der Waals surface area contributed by atoms with Crippen LogP contribution in [0, 0.1) is 23.7 Å². The Hall–Kier alpha value is -5.17. The second-order valence-electron chi connectivity index (χ2n) is 29.3. The standard InChI is InChI=1S/C17H25F3N2O5.C15H26N2O4.C10H18N2O2.C8H16N2O2.C7H9F3O4.C7H12O3.ClH/c1-10-2-12(3-10)25-8-15(23)21-11-6-22(7-11)16(24)9-26-13-4-14(5-13)27-17(18,19)20;1-10-5-12(6-10)20-9-13(18)16-11-7-17(8-11)14(19)21-15(2,3)4;1-7-2-9(3-7)14-6-10(13)12-8-4-11-5-8;1-8(2,3)12-7(11)10-4-6(9)5-10;8-7(9,10)14-5-1-4(2-5)13-3-6(11)12;1-5-2-6(3-5)10-4-7(8)9;/h10-14H,2-9H2,1H3,(H,21,23);10-12H,5-9H2,1-4H3,(H,16,18);7-9,11H,2-6H2,1H3,(H,12,13);6H,4-5,9H2,1-3H3;4-5H,1-3H2,(H,11,12);5-6H,2-4H2,1H3,(H,8,9);1H. The van der Waals surface area contributed by atoms with Crippen molar-refractivity contribution in [2.75, 3.05) is 92.0 Å². The van der Waals surface area contributed by atoms with Crippen molar-refractivity contribution >= 4 is 60.2 Å². The largest absolute Gasteiger partial charge is 0.522 e. The van der Waals surface area contributed by atoms with Crippen LogP contribution in [0.15, 0.2) is 0 Å². The molecule has 0 spiro atoms. The lowest BCUT2D eigenvalue weighted by Crippen LogP contribution is -2.62. The third-order valence-corrected chi connectivity index (χ3v) is 16.9. The first kappa shape index (κ1) is 86.2. The first-order valence-corrected chi connectivity index (χ1v) is 33.8. The molecule has 10 rings (SSSR count). The monoisotopic (exact) mass is 1460 g/mol. The Bertz CT molecular complexity index is 2520. The van der Waals surface area contributed by atoms with Gasteiger partial charge in [0, 0.05) is 84.1 Å². The first-order valence-electron chi connectivity index (χ1n) is 33.8. The summed E-state index contributed by atoms with van der Waals surface area (Å²) in [5, 5.41) is 28.1. The molecule has 572 valence electrons. The van der Waals surface area contributed by atoms with Gasteiger partial charge in [-0.3, -0.25) is 28.7 Å². The molecular weight excluding hydrogens is 1350 g/mol. The van der Waals surface area contributed by atoms with Crippen LogP contribution in [-0.4, -0.2) is 262 Å². The third-order valence-electron chi connectivity index (χ3n) is 16.9. The number of alkyl halides is 6. The smallest absolute Gasteiger partial charge is 0.480 e. The summed E-state index contributed by atoms with van der Waals surface area (Å²) in [6.07, 6.45) is -2.72. The minimum absolute atomic E-state index is 0. The summed E-state index contributed by atoms with van der Waals surface area (Å²) in [6, 6.07) is 0.372. The Kier molecular flexibility index (Phi) is 34.9. The van der Waals surface area contributed by atoms with Crippen molar-refractivity contribution in [3.63, 3.8) is 0 Å². The van der Waals surface area contributed by atoms with E-state index in [4.69, 9.17) is 53.8 Å². The summed E-state index contributed by atoms with van der Waals surface area (Å²) < 4.78 is 120. The van der Waals surface area contributed by atoms with E-state index in [1.807, 2.05) is 41.5 Å². The molecule has 8 N–H and O–H groups in total. The fourth-order valence-electron chi connectivity index (χ4n) is 11.0. The minimum Gasteiger partial charge on any atom is -0.480 e. The summed E-state index contributed by atoms with van der Waals surface area (Å²) >= 11 is 0. The predicted octanol–water partition coefficient (Wildman–Crippen LogP) is 5.67. The van der Waals surface area contributed by atoms with Crippen molar-refractivity contribution in [3.05, 3.63) is 0 Å². The molecule has 10 aliphatic rings. The molecule has 28 nitrogen and oxygen atoms in total. The highest BCUT2D eigenvalue weighted by Gasteiger charge is 2.43. The number of likely N-dealkylation sites (tertiary alicyclic amines) is 3. The fraction of sp³-hybridized carbons (Fsp3) is 0.875. The van der Waals surface area contributed by atoms with Gasteiger partial charge in [-0.05, 0) is 117 Å². The molecule has 6 amide bonds. The molecule has 35 heteroatoms. The third kappa shape index (κ3) is 35.5. The average Bonchev–Trinajstić information content (AvgIpc) is 0.844. The summed E-state index contributed by atoms with van der Waals surface area (Å²) in [4.78, 5) is 94.5. The maximum atomic E-state index is 12.0. The van der Waals surface area contributed by atoms with Crippen molar-refractivity contribution in [3.8, 4) is 0 Å². The zero-order valence-corrected chi connectivity index (χ0v) is 59.3. The Balaban J connectivity index is 0.000000260. The molecule has 0 bridgehead atoms. The molecular formula is C64H107ClF6N8O20. The van der Waals surface area contributed by atoms with Crippen LogP contribution in [-0.2, 0) is 76.1 Å². The molecule has 99 heavy (non-hydrogen) atoms. The van der Waals surface area contributed by atoms with Gasteiger partial charge >= 0.3 is 36.8 Å². The van der Waals surface area contributed by atoms with Gasteiger partial charge in [0.25, 0.3) is 0 Å². The number of rotatable bonds is 23. The van der Waals surface area contributed by atoms with E-state index in [0.29, 0.717) is 63.3 Å². The second kappa shape index (κ2) is 40.0. The average molecular weight is 1460 g/mol. The highest BCUT2D eigenvalue weighted by atomic mass is 35.5. The van der Waals surface area contributed by atoms with Crippen LogP contribution in [0.25, 0.3) is 0 Å². The van der Waals surface area contributed by atoms with E-state index in [1.165, 1.54) is 0 Å². The number of ether oxygens (including phenoxy) is 10. The van der Waals surface area contributed by atoms with Crippen LogP contribution < -0.4 is 27.0 Å². The van der Waals surface area contributed by atoms with Gasteiger partial charge in [-0.15, -0.1) is 38.7 Å². The normalized spacial score (nSPS) is 27.7. The van der Waals surface area contributed by atoms with Gasteiger partial charge in [0.15, 0.2) is 0 Å². The number of carbonyl (C=O) groups is 8. The van der Waals surface area contributed by atoms with E-state index in [1.54, 1.807) is 14.7 Å². The number of halogens is 7. The Morgan fingerprint density at radius 2 is 0.687 bits per heavy atom. The molecule has 0 atom stereocenters. The van der Waals surface area contributed by atoms with Crippen LogP contribution in [0.4, 0.5) is 35.9 Å². The molecule has 0 unspecified atom stereocenters. The second-order valence-corrected chi connectivity index (χ2v) is 29.3. The number of carboxylic acid groups (broad SMARTS) is 2. The molecule has 4 aliphatic heterocycles. The SMILES string of the molecule is CC(C)(C)OC(=O)N1CC(N)C1.CC1CC(OCC(=O)NC2CN(C(=O)COC3CC(OC(F)(F)F)C3)C2)C1.CC1CC(OCC(=O)NC2CN(C(=O)OC(C)(C)C)C2)C1.CC1CC(OCC(=O)NC2CNC2)C1.CC1CC(OCC(=O)O)C1.Cl.O=C(O)COC1CC(OC(F)(F)F)C1. The highest BCUT2D eigenvalue weighted by molar-refractivity contribution is 5.85. The van der Waals surface area contributed by atoms with E-state index in [2.05, 4.69) is 58.4 Å². The van der Waals surface area contributed by atoms with E-state index in [-0.39, 0.29) is 149 Å². The number of carboxylic acids is 2. The van der Waals surface area contributed by atoms with Gasteiger partial charge in [-0.1, -0.05) is 27.7 Å². The number of nitrogens with two attached hydrogens (primary N) is 1. The molecule has 4 saturated heterocycles. The molecule has 0 aromatic heterocycles. The maximum Gasteiger partial charge on any atom is 0.522 e. The summed E-state index contributed by atoms with van der Waals surface area (Å²) in [7, 11) is 0. The molecule has 10 fully saturated rings. The van der Waals surface area contributed by atoms with Crippen molar-refractivity contribution < 1.29 is 122 Å². The molecule has 0 aromatic rings. The van der Waals surface area contributed by atoms with Crippen LogP contribution >= 0.6 is 12.4 Å². The van der Waals surface area contributed by atoms with Gasteiger partial charge < -0.3 is 89.8 Å². The van der Waals surface area contributed by atoms with E-state index >= 15 is 0 Å². The summed E-state index contributed by atoms with van der Waals surface area (Å²) in [6.45, 7) is 24.1. The molecule has 0 aromatic carbocycles. The number of carbonyl (C=O) groups excluding carboxylic acids is 6. The van der Waals surface area contributed by atoms with Crippen LogP contribution in [0.2, 0.25) is 0 Å². The number of aliphatic carboxylic acids is 2. The quantitative estimate of drug-likeness (QED) is 0.0606. The topological polar surface area (TPSA) is 353 Å². The van der Waals surface area contributed by atoms with Gasteiger partial charge in [0.05, 0.1) is 67.0 Å². The molecule has 6 aliphatic carbocycles. The number of nitrogens with zero attached hydrogens (tertiary/aromatic N) is 3. The fourth-order valence-corrected chi connectivity index (χ4v) is 11.0. The number of nitrogens with one attached hydrogen (secondary N) is 4. The number of hydrogen-bond donors (Lipinski definition) is 7. The first-order chi connectivity index (χ1) is 45.6. The maximum absolute atomic E-state index is 12.0. The van der Waals surface area contributed by atoms with Crippen LogP contribution in [0.1, 0.15) is 146 Å². The summed E-state index contributed by atoms with van der Waals surface area (Å²) in [5.41, 5.74) is 4.63. The van der Waals surface area contributed by atoms with Gasteiger partial charge in [-0.25, -0.2) is 19.2 Å². The lowest BCUT2D eigenvalue weighted by Gasteiger charge is -2.40. The lowest BCUT2D eigenvalue weighted by atomic mass is 9.84. The number of amides is 6. The molecule has 6 saturated carbocycles. The van der Waals surface area contributed by atoms with Gasteiger partial charge in [-0.2, -0.15) is 0 Å². The Morgan fingerprint density at radius 1 is 0.414 bits per heavy atom. The molecule has 4 heterocycles. The molecule has 0 radical (unpaired) electrons. The Morgan fingerprint density at radius 3 is 0.949 bits per heavy atom. The van der Waals surface area contributed by atoms with Crippen molar-refractivity contribution in [2.45, 2.75) is 243 Å². The zero-order valence-electron chi connectivity index (χ0n) is 58.5. The zero-order chi connectivity index (χ0) is 72.9. The van der Waals surface area contributed by atoms with Gasteiger partial charge in [0.1, 0.15) is 50.8 Å². The summed E-state index contributed by atoms with van der Waals surface area (Å²) in [5.74, 6) is 0.358. The van der Waals surface area contributed by atoms with Gasteiger partial charge in [0.2, 0.25) is 23.6 Å². The minimum atomic E-state index is -4.64. The highest BCUT2D eigenvalue weighted by Crippen LogP contribution is 2.35. The van der Waals surface area contributed by atoms with E-state index in [9.17, 15) is 64.7 Å². The van der Waals surface area contributed by atoms with E-state index < -0.39 is 60.8 Å². The Labute approximate surface area is 581 Å². The van der Waals surface area contributed by atoms with E-state index in [0.717, 1.165) is 76.3 Å². The van der Waals surface area contributed by atoms with Crippen LogP contribution in [0.3, 0.4) is 0 Å². The number of hydrogen-bond acceptors (Lipinski definition) is 20. The lowest BCUT2D eigenvalue weighted by molar-refractivity contribution is -0.358. The predicted molar refractivity (Wildman–Crippen MR) is 344 cm³/mol. The van der Waals surface area contributed by atoms with Crippen molar-refractivity contribution in [1.82, 2.24) is 36.0 Å². The van der Waals surface area contributed by atoms with Crippen molar-refractivity contribution in [1.29, 1.82) is 0 Å².